The first-order chi connectivity index (χ1) is 14.7. The Morgan fingerprint density at radius 3 is 2.63 bits per heavy atom. The Hall–Kier alpha value is -3.03. The van der Waals surface area contributed by atoms with Crippen molar-refractivity contribution in [2.45, 2.75) is 25.6 Å². The SMILES string of the molecule is O=C(C[C@H]1C(=O)NCCN1Cc1ccccc1)NCc1scnc1-c1ccccc1. The summed E-state index contributed by atoms with van der Waals surface area (Å²) in [5.41, 5.74) is 4.85. The number of carbonyl (C=O) groups is 2. The van der Waals surface area contributed by atoms with Crippen molar-refractivity contribution in [1.29, 1.82) is 0 Å². The highest BCUT2D eigenvalue weighted by Gasteiger charge is 2.31. The minimum absolute atomic E-state index is 0.0879. The number of amides is 2. The van der Waals surface area contributed by atoms with Gasteiger partial charge in [-0.2, -0.15) is 0 Å². The van der Waals surface area contributed by atoms with Crippen molar-refractivity contribution in [2.75, 3.05) is 13.1 Å². The van der Waals surface area contributed by atoms with E-state index in [1.807, 2.05) is 60.7 Å². The Balaban J connectivity index is 1.38. The zero-order valence-electron chi connectivity index (χ0n) is 16.6. The molecule has 2 aromatic carbocycles. The molecule has 1 fully saturated rings. The molecule has 0 radical (unpaired) electrons. The zero-order chi connectivity index (χ0) is 20.8. The molecule has 0 bridgehead atoms. The molecule has 1 atom stereocenters. The predicted molar refractivity (Wildman–Crippen MR) is 118 cm³/mol. The van der Waals surface area contributed by atoms with Crippen LogP contribution in [-0.2, 0) is 22.7 Å². The van der Waals surface area contributed by atoms with E-state index in [2.05, 4.69) is 20.5 Å². The highest BCUT2D eigenvalue weighted by Crippen LogP contribution is 2.25. The van der Waals surface area contributed by atoms with Crippen LogP contribution in [0.2, 0.25) is 0 Å². The number of hydrogen-bond acceptors (Lipinski definition) is 5. The first-order valence-electron chi connectivity index (χ1n) is 10.0. The number of nitrogens with zero attached hydrogens (tertiary/aromatic N) is 2. The fraction of sp³-hybridized carbons (Fsp3) is 0.261. The summed E-state index contributed by atoms with van der Waals surface area (Å²) >= 11 is 1.52. The van der Waals surface area contributed by atoms with Gasteiger partial charge in [-0.15, -0.1) is 11.3 Å². The lowest BCUT2D eigenvalue weighted by Gasteiger charge is -2.34. The van der Waals surface area contributed by atoms with Crippen molar-refractivity contribution in [3.8, 4) is 11.3 Å². The predicted octanol–water partition coefficient (Wildman–Crippen LogP) is 2.82. The lowest BCUT2D eigenvalue weighted by atomic mass is 10.1. The van der Waals surface area contributed by atoms with E-state index < -0.39 is 6.04 Å². The molecule has 0 saturated carbocycles. The van der Waals surface area contributed by atoms with Crippen molar-refractivity contribution in [3.63, 3.8) is 0 Å². The van der Waals surface area contributed by atoms with E-state index in [0.29, 0.717) is 19.6 Å². The van der Waals surface area contributed by atoms with Gasteiger partial charge < -0.3 is 10.6 Å². The molecule has 2 amide bonds. The smallest absolute Gasteiger partial charge is 0.237 e. The summed E-state index contributed by atoms with van der Waals surface area (Å²) in [5.74, 6) is -0.224. The van der Waals surface area contributed by atoms with Crippen molar-refractivity contribution < 1.29 is 9.59 Å². The van der Waals surface area contributed by atoms with Crippen LogP contribution in [0.3, 0.4) is 0 Å². The molecule has 0 spiro atoms. The van der Waals surface area contributed by atoms with Crippen molar-refractivity contribution in [2.24, 2.45) is 0 Å². The van der Waals surface area contributed by atoms with Gasteiger partial charge in [-0.3, -0.25) is 14.5 Å². The second kappa shape index (κ2) is 9.65. The molecule has 7 heteroatoms. The van der Waals surface area contributed by atoms with Gasteiger partial charge in [0, 0.05) is 25.2 Å². The van der Waals surface area contributed by atoms with E-state index >= 15 is 0 Å². The number of thiazole rings is 1. The van der Waals surface area contributed by atoms with Crippen LogP contribution in [0.1, 0.15) is 16.9 Å². The van der Waals surface area contributed by atoms with Crippen LogP contribution in [0, 0.1) is 0 Å². The van der Waals surface area contributed by atoms with Gasteiger partial charge in [0.15, 0.2) is 0 Å². The molecule has 1 saturated heterocycles. The molecular formula is C23H24N4O2S. The first kappa shape index (κ1) is 20.3. The highest BCUT2D eigenvalue weighted by atomic mass is 32.1. The minimum atomic E-state index is -0.464. The highest BCUT2D eigenvalue weighted by molar-refractivity contribution is 7.10. The number of piperazine rings is 1. The maximum atomic E-state index is 12.7. The maximum absolute atomic E-state index is 12.7. The van der Waals surface area contributed by atoms with E-state index in [4.69, 9.17) is 0 Å². The quantitative estimate of drug-likeness (QED) is 0.616. The van der Waals surface area contributed by atoms with E-state index in [1.54, 1.807) is 5.51 Å². The zero-order valence-corrected chi connectivity index (χ0v) is 17.4. The van der Waals surface area contributed by atoms with Gasteiger partial charge in [0.2, 0.25) is 11.8 Å². The standard InChI is InChI=1S/C23H24N4O2S/c28-21(25-14-20-22(26-16-30-20)18-9-5-2-6-10-18)13-19-23(29)24-11-12-27(19)15-17-7-3-1-4-8-17/h1-10,16,19H,11-15H2,(H,24,29)(H,25,28)/t19-/m0/s1. The molecule has 0 aliphatic carbocycles. The fourth-order valence-corrected chi connectivity index (χ4v) is 4.37. The lowest BCUT2D eigenvalue weighted by molar-refractivity contribution is -0.134. The number of benzene rings is 2. The van der Waals surface area contributed by atoms with Crippen LogP contribution in [0.4, 0.5) is 0 Å². The van der Waals surface area contributed by atoms with Gasteiger partial charge in [-0.1, -0.05) is 60.7 Å². The summed E-state index contributed by atoms with van der Waals surface area (Å²) in [6, 6.07) is 19.5. The van der Waals surface area contributed by atoms with Gasteiger partial charge in [-0.25, -0.2) is 4.98 Å². The maximum Gasteiger partial charge on any atom is 0.237 e. The van der Waals surface area contributed by atoms with Crippen molar-refractivity contribution >= 4 is 23.2 Å². The molecule has 4 rings (SSSR count). The summed E-state index contributed by atoms with van der Waals surface area (Å²) in [7, 11) is 0. The third-order valence-corrected chi connectivity index (χ3v) is 6.02. The minimum Gasteiger partial charge on any atom is -0.353 e. The molecule has 6 nitrogen and oxygen atoms in total. The molecule has 1 aromatic heterocycles. The molecular weight excluding hydrogens is 396 g/mol. The van der Waals surface area contributed by atoms with Gasteiger partial charge in [0.1, 0.15) is 0 Å². The van der Waals surface area contributed by atoms with Crippen LogP contribution in [0.15, 0.2) is 66.2 Å². The van der Waals surface area contributed by atoms with Crippen molar-refractivity contribution in [1.82, 2.24) is 20.5 Å². The second-order valence-corrected chi connectivity index (χ2v) is 8.17. The number of carbonyl (C=O) groups excluding carboxylic acids is 2. The van der Waals surface area contributed by atoms with Crippen LogP contribution in [0.25, 0.3) is 11.3 Å². The van der Waals surface area contributed by atoms with Crippen LogP contribution >= 0.6 is 11.3 Å². The summed E-state index contributed by atoms with van der Waals surface area (Å²) in [6.45, 7) is 2.39. The monoisotopic (exact) mass is 420 g/mol. The van der Waals surface area contributed by atoms with Gasteiger partial charge in [0.05, 0.1) is 35.1 Å². The van der Waals surface area contributed by atoms with E-state index in [1.165, 1.54) is 11.3 Å². The summed E-state index contributed by atoms with van der Waals surface area (Å²) in [5, 5.41) is 5.86. The summed E-state index contributed by atoms with van der Waals surface area (Å²) in [4.78, 5) is 32.7. The number of aromatic nitrogens is 1. The number of hydrogen-bond donors (Lipinski definition) is 2. The van der Waals surface area contributed by atoms with E-state index in [9.17, 15) is 9.59 Å². The molecule has 0 unspecified atom stereocenters. The summed E-state index contributed by atoms with van der Waals surface area (Å²) in [6.07, 6.45) is 0.137. The molecule has 30 heavy (non-hydrogen) atoms. The Morgan fingerprint density at radius 2 is 1.87 bits per heavy atom. The van der Waals surface area contributed by atoms with Crippen LogP contribution in [0.5, 0.6) is 0 Å². The van der Waals surface area contributed by atoms with Gasteiger partial charge in [-0.05, 0) is 5.56 Å². The van der Waals surface area contributed by atoms with Gasteiger partial charge >= 0.3 is 0 Å². The molecule has 1 aliphatic heterocycles. The average Bonchev–Trinajstić information content (AvgIpc) is 3.25. The number of rotatable bonds is 7. The van der Waals surface area contributed by atoms with Crippen molar-refractivity contribution in [3.05, 3.63) is 76.6 Å². The Morgan fingerprint density at radius 1 is 1.13 bits per heavy atom. The third kappa shape index (κ3) is 4.93. The molecule has 2 heterocycles. The Kier molecular flexibility index (Phi) is 6.51. The van der Waals surface area contributed by atoms with E-state index in [0.717, 1.165) is 28.2 Å². The second-order valence-electron chi connectivity index (χ2n) is 7.23. The summed E-state index contributed by atoms with van der Waals surface area (Å²) < 4.78 is 0. The van der Waals surface area contributed by atoms with Crippen LogP contribution < -0.4 is 10.6 Å². The fourth-order valence-electron chi connectivity index (χ4n) is 3.65. The average molecular weight is 421 g/mol. The lowest BCUT2D eigenvalue weighted by Crippen LogP contribution is -2.56. The van der Waals surface area contributed by atoms with Gasteiger partial charge in [0.25, 0.3) is 0 Å². The third-order valence-electron chi connectivity index (χ3n) is 5.18. The topological polar surface area (TPSA) is 74.3 Å². The molecule has 1 aliphatic rings. The normalized spacial score (nSPS) is 16.8. The van der Waals surface area contributed by atoms with Crippen LogP contribution in [-0.4, -0.2) is 40.8 Å². The molecule has 2 N–H and O–H groups in total. The molecule has 154 valence electrons. The Bertz CT molecular complexity index is 991. The Labute approximate surface area is 180 Å². The molecule has 3 aromatic rings. The number of nitrogens with one attached hydrogen (secondary N) is 2. The largest absolute Gasteiger partial charge is 0.353 e. The van der Waals surface area contributed by atoms with E-state index in [-0.39, 0.29) is 18.2 Å². The first-order valence-corrected chi connectivity index (χ1v) is 10.9.